The summed E-state index contributed by atoms with van der Waals surface area (Å²) in [5, 5.41) is 3.43. The van der Waals surface area contributed by atoms with Crippen LogP contribution < -0.4 is 5.32 Å². The summed E-state index contributed by atoms with van der Waals surface area (Å²) >= 11 is 0. The molecule has 3 rings (SSSR count). The zero-order valence-electron chi connectivity index (χ0n) is 11.5. The molecule has 18 heavy (non-hydrogen) atoms. The van der Waals surface area contributed by atoms with Gasteiger partial charge in [0.05, 0.1) is 5.69 Å². The Bertz CT molecular complexity index is 402. The Kier molecular flexibility index (Phi) is 3.69. The van der Waals surface area contributed by atoms with Crippen LogP contribution in [-0.2, 0) is 25.9 Å². The van der Waals surface area contributed by atoms with Gasteiger partial charge in [0.2, 0.25) is 0 Å². The molecule has 3 heteroatoms. The second kappa shape index (κ2) is 5.43. The predicted molar refractivity (Wildman–Crippen MR) is 73.6 cm³/mol. The van der Waals surface area contributed by atoms with Crippen molar-refractivity contribution in [3.63, 3.8) is 0 Å². The zero-order valence-corrected chi connectivity index (χ0v) is 11.5. The van der Waals surface area contributed by atoms with Gasteiger partial charge in [0, 0.05) is 38.2 Å². The highest BCUT2D eigenvalue weighted by Gasteiger charge is 2.20. The maximum absolute atomic E-state index is 4.81. The van der Waals surface area contributed by atoms with Crippen molar-refractivity contribution in [1.29, 1.82) is 0 Å². The van der Waals surface area contributed by atoms with Gasteiger partial charge >= 0.3 is 0 Å². The monoisotopic (exact) mass is 247 g/mol. The highest BCUT2D eigenvalue weighted by molar-refractivity contribution is 5.20. The van der Waals surface area contributed by atoms with Gasteiger partial charge in [-0.05, 0) is 12.3 Å². The van der Waals surface area contributed by atoms with Gasteiger partial charge < -0.3 is 9.88 Å². The summed E-state index contributed by atoms with van der Waals surface area (Å²) in [7, 11) is 0. The van der Waals surface area contributed by atoms with E-state index in [4.69, 9.17) is 4.98 Å². The normalized spacial score (nSPS) is 20.3. The molecule has 1 aromatic heterocycles. The van der Waals surface area contributed by atoms with E-state index in [0.29, 0.717) is 0 Å². The van der Waals surface area contributed by atoms with Gasteiger partial charge in [-0.15, -0.1) is 0 Å². The molecular formula is C15H25N3. The highest BCUT2D eigenvalue weighted by Crippen LogP contribution is 2.28. The van der Waals surface area contributed by atoms with Crippen LogP contribution in [0.3, 0.4) is 0 Å². The molecule has 0 radical (unpaired) electrons. The molecule has 100 valence electrons. The summed E-state index contributed by atoms with van der Waals surface area (Å²) in [4.78, 5) is 4.81. The van der Waals surface area contributed by atoms with E-state index in [2.05, 4.69) is 16.8 Å². The summed E-state index contributed by atoms with van der Waals surface area (Å²) in [6.45, 7) is 5.52. The summed E-state index contributed by atoms with van der Waals surface area (Å²) in [6, 6.07) is 0. The van der Waals surface area contributed by atoms with Crippen LogP contribution in [0.25, 0.3) is 0 Å². The minimum atomic E-state index is 0.971. The van der Waals surface area contributed by atoms with Crippen LogP contribution in [-0.4, -0.2) is 16.1 Å². The number of aryl methyl sites for hydroxylation is 1. The first-order chi connectivity index (χ1) is 8.88. The van der Waals surface area contributed by atoms with Crippen LogP contribution >= 0.6 is 0 Å². The van der Waals surface area contributed by atoms with Gasteiger partial charge in [-0.2, -0.15) is 0 Å². The fourth-order valence-electron chi connectivity index (χ4n) is 3.57. The topological polar surface area (TPSA) is 29.9 Å². The number of hydrogen-bond donors (Lipinski definition) is 1. The third kappa shape index (κ3) is 2.33. The molecule has 0 saturated heterocycles. The van der Waals surface area contributed by atoms with Gasteiger partial charge in [0.1, 0.15) is 5.82 Å². The zero-order chi connectivity index (χ0) is 12.4. The van der Waals surface area contributed by atoms with Gasteiger partial charge in [-0.1, -0.05) is 32.6 Å². The van der Waals surface area contributed by atoms with Crippen LogP contribution in [0.1, 0.15) is 56.2 Å². The summed E-state index contributed by atoms with van der Waals surface area (Å²) < 4.78 is 2.54. The molecule has 2 aliphatic rings. The van der Waals surface area contributed by atoms with Crippen molar-refractivity contribution in [3.8, 4) is 0 Å². The Hall–Kier alpha value is -0.830. The lowest BCUT2D eigenvalue weighted by molar-refractivity contribution is 0.443. The minimum Gasteiger partial charge on any atom is -0.332 e. The van der Waals surface area contributed by atoms with Gasteiger partial charge in [0.25, 0.3) is 0 Å². The van der Waals surface area contributed by atoms with Crippen molar-refractivity contribution in [3.05, 3.63) is 17.2 Å². The maximum atomic E-state index is 4.81. The second-order valence-corrected chi connectivity index (χ2v) is 5.79. The van der Waals surface area contributed by atoms with Crippen LogP contribution in [0.2, 0.25) is 0 Å². The van der Waals surface area contributed by atoms with E-state index in [1.807, 2.05) is 0 Å². The van der Waals surface area contributed by atoms with Gasteiger partial charge in [-0.25, -0.2) is 4.98 Å². The first-order valence-electron chi connectivity index (χ1n) is 7.66. The summed E-state index contributed by atoms with van der Waals surface area (Å²) in [5.74, 6) is 2.29. The van der Waals surface area contributed by atoms with Crippen molar-refractivity contribution >= 4 is 0 Å². The maximum Gasteiger partial charge on any atom is 0.108 e. The molecule has 1 aliphatic carbocycles. The smallest absolute Gasteiger partial charge is 0.108 e. The average Bonchev–Trinajstić information content (AvgIpc) is 3.03. The molecule has 1 aromatic rings. The summed E-state index contributed by atoms with van der Waals surface area (Å²) in [6.07, 6.45) is 9.42. The lowest BCUT2D eigenvalue weighted by Crippen LogP contribution is -2.25. The average molecular weight is 247 g/mol. The molecule has 1 fully saturated rings. The van der Waals surface area contributed by atoms with Crippen molar-refractivity contribution in [2.75, 3.05) is 6.54 Å². The van der Waals surface area contributed by atoms with Crippen LogP contribution in [0.4, 0.5) is 0 Å². The lowest BCUT2D eigenvalue weighted by Gasteiger charge is -2.17. The number of hydrogen-bond acceptors (Lipinski definition) is 2. The molecule has 0 amide bonds. The van der Waals surface area contributed by atoms with E-state index in [0.717, 1.165) is 31.8 Å². The van der Waals surface area contributed by atoms with E-state index < -0.39 is 0 Å². The minimum absolute atomic E-state index is 0.971. The quantitative estimate of drug-likeness (QED) is 0.886. The SMILES string of the molecule is CCc1nc2c(n1CCC1CCCC1)CCNC2. The largest absolute Gasteiger partial charge is 0.332 e. The highest BCUT2D eigenvalue weighted by atomic mass is 15.1. The Morgan fingerprint density at radius 3 is 2.94 bits per heavy atom. The lowest BCUT2D eigenvalue weighted by atomic mass is 10.0. The second-order valence-electron chi connectivity index (χ2n) is 5.79. The molecule has 1 aliphatic heterocycles. The molecular weight excluding hydrogens is 222 g/mol. The van der Waals surface area contributed by atoms with Crippen LogP contribution in [0, 0.1) is 5.92 Å². The standard InChI is InChI=1S/C15H25N3/c1-2-15-17-13-11-16-9-7-14(13)18(15)10-8-12-5-3-4-6-12/h12,16H,2-11H2,1H3. The van der Waals surface area contributed by atoms with E-state index >= 15 is 0 Å². The first kappa shape index (κ1) is 12.2. The third-order valence-corrected chi connectivity index (χ3v) is 4.62. The summed E-state index contributed by atoms with van der Waals surface area (Å²) in [5.41, 5.74) is 2.83. The van der Waals surface area contributed by atoms with E-state index in [1.165, 1.54) is 55.9 Å². The molecule has 0 aromatic carbocycles. The predicted octanol–water partition coefficient (Wildman–Crippen LogP) is 2.67. The Labute approximate surface area is 110 Å². The third-order valence-electron chi connectivity index (χ3n) is 4.62. The van der Waals surface area contributed by atoms with E-state index in [1.54, 1.807) is 0 Å². The fourth-order valence-corrected chi connectivity index (χ4v) is 3.57. The Balaban J connectivity index is 1.74. The molecule has 2 heterocycles. The fraction of sp³-hybridized carbons (Fsp3) is 0.800. The van der Waals surface area contributed by atoms with Crippen molar-refractivity contribution < 1.29 is 0 Å². The number of nitrogens with one attached hydrogen (secondary N) is 1. The van der Waals surface area contributed by atoms with Crippen molar-refractivity contribution in [1.82, 2.24) is 14.9 Å². The molecule has 1 N–H and O–H groups in total. The number of nitrogens with zero attached hydrogens (tertiary/aromatic N) is 2. The Morgan fingerprint density at radius 1 is 1.33 bits per heavy atom. The molecule has 1 saturated carbocycles. The molecule has 0 bridgehead atoms. The van der Waals surface area contributed by atoms with Gasteiger partial charge in [-0.3, -0.25) is 0 Å². The van der Waals surface area contributed by atoms with E-state index in [-0.39, 0.29) is 0 Å². The van der Waals surface area contributed by atoms with Crippen LogP contribution in [0.5, 0.6) is 0 Å². The molecule has 0 spiro atoms. The number of fused-ring (bicyclic) bond motifs is 1. The number of aromatic nitrogens is 2. The number of imidazole rings is 1. The van der Waals surface area contributed by atoms with E-state index in [9.17, 15) is 0 Å². The number of rotatable bonds is 4. The molecule has 0 unspecified atom stereocenters. The van der Waals surface area contributed by atoms with Crippen molar-refractivity contribution in [2.45, 2.75) is 65.0 Å². The van der Waals surface area contributed by atoms with Crippen molar-refractivity contribution in [2.24, 2.45) is 5.92 Å². The molecule has 3 nitrogen and oxygen atoms in total. The molecule has 0 atom stereocenters. The van der Waals surface area contributed by atoms with Crippen LogP contribution in [0.15, 0.2) is 0 Å². The Morgan fingerprint density at radius 2 is 2.17 bits per heavy atom. The first-order valence-corrected chi connectivity index (χ1v) is 7.66. The van der Waals surface area contributed by atoms with Gasteiger partial charge in [0.15, 0.2) is 0 Å².